The number of hydrogen-bond acceptors (Lipinski definition) is 14. The first-order chi connectivity index (χ1) is 32.0. The van der Waals surface area contributed by atoms with E-state index in [0.29, 0.717) is 71.6 Å². The smallest absolute Gasteiger partial charge is 0.302 e. The quantitative estimate of drug-likeness (QED) is 0.0966. The summed E-state index contributed by atoms with van der Waals surface area (Å²) in [6.07, 6.45) is 7.40. The van der Waals surface area contributed by atoms with Crippen LogP contribution in [0.5, 0.6) is 0 Å². The molecule has 3 unspecified atom stereocenters. The van der Waals surface area contributed by atoms with Gasteiger partial charge in [-0.05, 0) is 62.5 Å². The van der Waals surface area contributed by atoms with E-state index in [4.69, 9.17) is 38.2 Å². The van der Waals surface area contributed by atoms with Gasteiger partial charge in [-0.25, -0.2) is 4.68 Å². The zero-order valence-corrected chi connectivity index (χ0v) is 38.0. The first-order valence-electron chi connectivity index (χ1n) is 23.5. The van der Waals surface area contributed by atoms with Gasteiger partial charge < -0.3 is 44.0 Å². The molecule has 0 radical (unpaired) electrons. The maximum atomic E-state index is 13.7. The van der Waals surface area contributed by atoms with Crippen LogP contribution in [0.15, 0.2) is 48.5 Å². The summed E-state index contributed by atoms with van der Waals surface area (Å²) in [6.45, 7) is 4.23. The monoisotopic (exact) mass is 914 g/mol. The number of rotatable bonds is 19. The number of esters is 1. The van der Waals surface area contributed by atoms with Crippen molar-refractivity contribution in [3.63, 3.8) is 0 Å². The van der Waals surface area contributed by atoms with E-state index in [1.807, 2.05) is 55.6 Å². The van der Waals surface area contributed by atoms with Gasteiger partial charge in [0.15, 0.2) is 0 Å². The number of fused-ring (bicyclic) bond motifs is 5. The van der Waals surface area contributed by atoms with Crippen molar-refractivity contribution in [1.29, 1.82) is 0 Å². The van der Waals surface area contributed by atoms with Crippen molar-refractivity contribution in [2.45, 2.75) is 107 Å². The van der Waals surface area contributed by atoms with Crippen molar-refractivity contribution < 1.29 is 57.4 Å². The Bertz CT molecular complexity index is 2220. The lowest BCUT2D eigenvalue weighted by Gasteiger charge is -2.62. The average Bonchev–Trinajstić information content (AvgIpc) is 3.85. The predicted molar refractivity (Wildman–Crippen MR) is 236 cm³/mol. The fourth-order valence-electron chi connectivity index (χ4n) is 11.4. The summed E-state index contributed by atoms with van der Waals surface area (Å²) in [6, 6.07) is 15.5. The average molecular weight is 915 g/mol. The van der Waals surface area contributed by atoms with Crippen LogP contribution in [0, 0.1) is 17.8 Å². The molecule has 2 aromatic carbocycles. The third-order valence-electron chi connectivity index (χ3n) is 14.0. The number of carbonyl (C=O) groups excluding carboxylic acids is 4. The molecule has 3 aromatic rings. The van der Waals surface area contributed by atoms with E-state index in [-0.39, 0.29) is 73.2 Å². The van der Waals surface area contributed by atoms with Gasteiger partial charge in [0, 0.05) is 68.2 Å². The Morgan fingerprint density at radius 1 is 0.788 bits per heavy atom. The molecule has 1 saturated heterocycles. The van der Waals surface area contributed by atoms with E-state index in [0.717, 1.165) is 78.7 Å². The van der Waals surface area contributed by atoms with Crippen molar-refractivity contribution in [1.82, 2.24) is 25.6 Å². The first-order valence-corrected chi connectivity index (χ1v) is 23.5. The number of aromatic nitrogens is 3. The number of ether oxygens (including phenoxy) is 6. The fourth-order valence-corrected chi connectivity index (χ4v) is 11.4. The predicted octanol–water partition coefficient (Wildman–Crippen LogP) is 4.53. The standard InChI is InChI=1S/C48H62N6O12/c1-32(55)63-37-9-7-15-47(29-37)64-48(66-65-47)35-24-33-25-36(48)28-46(26-33,27-35)50-42(57)14-17-60-19-21-62-23-22-61-20-18-59-16-13-41(56)49-30-43(58)54-31-34-8-3-4-10-38(34)44-45(53(2)52-51-44)39-11-5-6-12-40(39)54/h3-6,8,10-12,33,35-37H,7,9,13-31H2,1-2H3,(H,49,56)(H,50,57)/t33?,35?,36?,37?,46?,47-,48?/m1/s1. The molecule has 6 fully saturated rings. The minimum absolute atomic E-state index is 0.0175. The number of para-hydroxylation sites is 1. The minimum Gasteiger partial charge on any atom is -0.462 e. The Hall–Kier alpha value is -4.82. The van der Waals surface area contributed by atoms with E-state index < -0.39 is 11.6 Å². The second kappa shape index (κ2) is 20.2. The maximum Gasteiger partial charge on any atom is 0.302 e. The number of hydrogen-bond donors (Lipinski definition) is 2. The molecular formula is C48H62N6O12. The molecule has 2 aliphatic heterocycles. The van der Waals surface area contributed by atoms with Crippen molar-refractivity contribution in [3.8, 4) is 22.5 Å². The van der Waals surface area contributed by atoms with E-state index in [2.05, 4.69) is 20.9 Å². The normalized spacial score (nSPS) is 28.1. The molecule has 18 heteroatoms. The van der Waals surface area contributed by atoms with Crippen LogP contribution in [-0.4, -0.2) is 121 Å². The summed E-state index contributed by atoms with van der Waals surface area (Å²) in [5.41, 5.74) is 4.70. The molecule has 4 bridgehead atoms. The lowest BCUT2D eigenvalue weighted by Crippen LogP contribution is -2.69. The highest BCUT2D eigenvalue weighted by molar-refractivity contribution is 6.02. The molecule has 2 N–H and O–H groups in total. The van der Waals surface area contributed by atoms with Gasteiger partial charge in [0.2, 0.25) is 29.3 Å². The van der Waals surface area contributed by atoms with Crippen molar-refractivity contribution >= 4 is 29.4 Å². The summed E-state index contributed by atoms with van der Waals surface area (Å²) in [4.78, 5) is 65.0. The third-order valence-corrected chi connectivity index (χ3v) is 14.0. The molecule has 3 amide bonds. The molecular weight excluding hydrogens is 853 g/mol. The molecule has 7 aliphatic rings. The summed E-state index contributed by atoms with van der Waals surface area (Å²) >= 11 is 0. The van der Waals surface area contributed by atoms with Crippen LogP contribution in [0.2, 0.25) is 0 Å². The minimum atomic E-state index is -0.896. The van der Waals surface area contributed by atoms with Crippen LogP contribution >= 0.6 is 0 Å². The van der Waals surface area contributed by atoms with Gasteiger partial charge in [0.25, 0.3) is 0 Å². The van der Waals surface area contributed by atoms with Crippen LogP contribution in [0.3, 0.4) is 0 Å². The Morgan fingerprint density at radius 2 is 1.44 bits per heavy atom. The Labute approximate surface area is 384 Å². The van der Waals surface area contributed by atoms with Gasteiger partial charge in [0.1, 0.15) is 11.8 Å². The molecule has 5 aliphatic carbocycles. The van der Waals surface area contributed by atoms with Crippen molar-refractivity contribution in [2.24, 2.45) is 24.8 Å². The molecule has 10 rings (SSSR count). The van der Waals surface area contributed by atoms with E-state index in [1.165, 1.54) is 6.92 Å². The number of carbonyl (C=O) groups is 4. The third kappa shape index (κ3) is 10.1. The SMILES string of the molecule is CC(=O)OC1CCC[C@]2(C1)OOC1(O2)C2CC3CC1CC(NC(=O)CCOCCOCCOCCOCCC(=O)NCC(=O)N1Cc4ccccc4-c4nnn(C)c4-c4ccccc41)(C3)C2. The van der Waals surface area contributed by atoms with Crippen LogP contribution < -0.4 is 15.5 Å². The van der Waals surface area contributed by atoms with Gasteiger partial charge in [-0.15, -0.1) is 5.10 Å². The highest BCUT2D eigenvalue weighted by Crippen LogP contribution is 2.65. The summed E-state index contributed by atoms with van der Waals surface area (Å²) in [5, 5.41) is 14.9. The Kier molecular flexibility index (Phi) is 14.2. The number of nitrogens with zero attached hydrogens (tertiary/aromatic N) is 4. The topological polar surface area (TPSA) is 200 Å². The van der Waals surface area contributed by atoms with Crippen LogP contribution in [-0.2, 0) is 71.0 Å². The lowest BCUT2D eigenvalue weighted by atomic mass is 9.50. The first kappa shape index (κ1) is 46.3. The number of anilines is 1. The van der Waals surface area contributed by atoms with E-state index >= 15 is 0 Å². The van der Waals surface area contributed by atoms with Crippen LogP contribution in [0.4, 0.5) is 5.69 Å². The molecule has 356 valence electrons. The van der Waals surface area contributed by atoms with Gasteiger partial charge in [0.05, 0.1) is 77.3 Å². The van der Waals surface area contributed by atoms with E-state index in [1.54, 1.807) is 9.58 Å². The Balaban J connectivity index is 0.602. The van der Waals surface area contributed by atoms with Gasteiger partial charge in [-0.2, -0.15) is 9.78 Å². The summed E-state index contributed by atoms with van der Waals surface area (Å²) in [7, 11) is 1.83. The van der Waals surface area contributed by atoms with Crippen LogP contribution in [0.1, 0.15) is 83.1 Å². The highest BCUT2D eigenvalue weighted by atomic mass is 17.3. The number of amides is 3. The molecule has 3 heterocycles. The highest BCUT2D eigenvalue weighted by Gasteiger charge is 2.70. The van der Waals surface area contributed by atoms with Gasteiger partial charge in [-0.1, -0.05) is 47.7 Å². The number of benzene rings is 2. The maximum absolute atomic E-state index is 13.7. The second-order valence-corrected chi connectivity index (χ2v) is 18.7. The van der Waals surface area contributed by atoms with Crippen molar-refractivity contribution in [2.75, 3.05) is 64.3 Å². The zero-order valence-electron chi connectivity index (χ0n) is 38.0. The van der Waals surface area contributed by atoms with Gasteiger partial charge >= 0.3 is 5.97 Å². The fraction of sp³-hybridized carbons (Fsp3) is 0.625. The largest absolute Gasteiger partial charge is 0.462 e. The lowest BCUT2D eigenvalue weighted by molar-refractivity contribution is -0.392. The summed E-state index contributed by atoms with van der Waals surface area (Å²) < 4.78 is 36.6. The summed E-state index contributed by atoms with van der Waals surface area (Å²) in [5.74, 6) is -1.82. The second-order valence-electron chi connectivity index (χ2n) is 18.7. The molecule has 2 spiro atoms. The number of nitrogens with one attached hydrogen (secondary N) is 2. The number of aryl methyl sites for hydroxylation is 1. The Morgan fingerprint density at radius 3 is 2.15 bits per heavy atom. The van der Waals surface area contributed by atoms with E-state index in [9.17, 15) is 19.2 Å². The zero-order chi connectivity index (χ0) is 45.7. The molecule has 5 saturated carbocycles. The van der Waals surface area contributed by atoms with Crippen LogP contribution in [0.25, 0.3) is 22.5 Å². The molecule has 18 nitrogen and oxygen atoms in total. The molecule has 4 atom stereocenters. The molecule has 1 aromatic heterocycles. The van der Waals surface area contributed by atoms with Gasteiger partial charge in [-0.3, -0.25) is 19.2 Å². The molecule has 66 heavy (non-hydrogen) atoms. The van der Waals surface area contributed by atoms with Crippen molar-refractivity contribution in [3.05, 3.63) is 54.1 Å².